The molecule has 0 saturated carbocycles. The zero-order valence-electron chi connectivity index (χ0n) is 11.8. The van der Waals surface area contributed by atoms with Gasteiger partial charge in [0.1, 0.15) is 0 Å². The number of ether oxygens (including phenoxy) is 1. The monoisotopic (exact) mass is 270 g/mol. The van der Waals surface area contributed by atoms with Crippen molar-refractivity contribution in [1.29, 1.82) is 0 Å². The maximum Gasteiger partial charge on any atom is 0.303 e. The lowest BCUT2D eigenvalue weighted by Gasteiger charge is -2.19. The summed E-state index contributed by atoms with van der Waals surface area (Å²) >= 11 is 0. The molecule has 1 N–H and O–H groups in total. The average Bonchev–Trinajstić information content (AvgIpc) is 2.69. The second-order valence-corrected chi connectivity index (χ2v) is 5.30. The van der Waals surface area contributed by atoms with Crippen LogP contribution in [0.25, 0.3) is 0 Å². The summed E-state index contributed by atoms with van der Waals surface area (Å²) in [6.07, 6.45) is 2.08. The smallest absolute Gasteiger partial charge is 0.303 e. The zero-order chi connectivity index (χ0) is 14.3. The Morgan fingerprint density at radius 2 is 2.05 bits per heavy atom. The first kappa shape index (κ1) is 15.6. The summed E-state index contributed by atoms with van der Waals surface area (Å²) in [4.78, 5) is 10.7. The van der Waals surface area contributed by atoms with Gasteiger partial charge in [0.25, 0.3) is 0 Å². The molecule has 0 radical (unpaired) electrons. The molecule has 108 valence electrons. The molecule has 0 aliphatic rings. The van der Waals surface area contributed by atoms with Crippen molar-refractivity contribution in [2.24, 2.45) is 5.41 Å². The van der Waals surface area contributed by atoms with E-state index in [0.29, 0.717) is 37.8 Å². The molecule has 0 unspecified atom stereocenters. The fourth-order valence-corrected chi connectivity index (χ4v) is 1.81. The van der Waals surface area contributed by atoms with Crippen LogP contribution in [0.5, 0.6) is 0 Å². The quantitative estimate of drug-likeness (QED) is 0.691. The summed E-state index contributed by atoms with van der Waals surface area (Å²) in [6, 6.07) is 0. The van der Waals surface area contributed by atoms with E-state index in [1.807, 2.05) is 20.8 Å². The Balaban J connectivity index is 2.43. The number of carboxylic acid groups (broad SMARTS) is 1. The van der Waals surface area contributed by atoms with Gasteiger partial charge in [-0.25, -0.2) is 0 Å². The highest BCUT2D eigenvalue weighted by atomic mass is 16.5. The van der Waals surface area contributed by atoms with Crippen molar-refractivity contribution in [2.75, 3.05) is 13.2 Å². The lowest BCUT2D eigenvalue weighted by Crippen LogP contribution is -2.19. The van der Waals surface area contributed by atoms with Gasteiger partial charge in [-0.05, 0) is 18.8 Å². The molecule has 0 aromatic carbocycles. The Bertz CT molecular complexity index is 401. The summed E-state index contributed by atoms with van der Waals surface area (Å²) in [5.74, 6) is 0.264. The first-order chi connectivity index (χ1) is 8.93. The van der Waals surface area contributed by atoms with Gasteiger partial charge in [-0.1, -0.05) is 13.8 Å². The van der Waals surface area contributed by atoms with Crippen LogP contribution in [0.4, 0.5) is 0 Å². The molecule has 0 atom stereocenters. The van der Waals surface area contributed by atoms with E-state index in [4.69, 9.17) is 14.3 Å². The number of carbonyl (C=O) groups is 1. The highest BCUT2D eigenvalue weighted by Gasteiger charge is 2.25. The molecular weight excluding hydrogens is 248 g/mol. The maximum absolute atomic E-state index is 10.7. The normalized spacial score (nSPS) is 11.7. The van der Waals surface area contributed by atoms with Crippen molar-refractivity contribution in [3.05, 3.63) is 11.8 Å². The standard InChI is InChI=1S/C13H22N2O4/c1-4-18-7-5-6-10-14-15-11(19-10)8-13(2,3)9-12(16)17/h4-9H2,1-3H3,(H,16,17). The largest absolute Gasteiger partial charge is 0.481 e. The fourth-order valence-electron chi connectivity index (χ4n) is 1.81. The molecule has 6 heteroatoms. The van der Waals surface area contributed by atoms with Crippen LogP contribution in [0.2, 0.25) is 0 Å². The minimum Gasteiger partial charge on any atom is -0.481 e. The number of aliphatic carboxylic acids is 1. The van der Waals surface area contributed by atoms with Crippen LogP contribution in [0.1, 0.15) is 45.4 Å². The predicted octanol–water partition coefficient (Wildman–Crippen LogP) is 2.08. The minimum atomic E-state index is -0.818. The van der Waals surface area contributed by atoms with Crippen LogP contribution in [-0.4, -0.2) is 34.5 Å². The van der Waals surface area contributed by atoms with Crippen LogP contribution < -0.4 is 0 Å². The Kier molecular flexibility index (Phi) is 5.95. The molecule has 0 saturated heterocycles. The number of aromatic nitrogens is 2. The van der Waals surface area contributed by atoms with Crippen molar-refractivity contribution < 1.29 is 19.1 Å². The molecule has 0 amide bonds. The molecule has 1 heterocycles. The highest BCUT2D eigenvalue weighted by Crippen LogP contribution is 2.25. The van der Waals surface area contributed by atoms with Crippen LogP contribution in [-0.2, 0) is 22.4 Å². The molecule has 0 bridgehead atoms. The Morgan fingerprint density at radius 1 is 1.37 bits per heavy atom. The number of aryl methyl sites for hydroxylation is 1. The molecular formula is C13H22N2O4. The van der Waals surface area contributed by atoms with E-state index in [9.17, 15) is 4.79 Å². The topological polar surface area (TPSA) is 85.5 Å². The molecule has 1 rings (SSSR count). The van der Waals surface area contributed by atoms with Gasteiger partial charge in [0.15, 0.2) is 0 Å². The number of carboxylic acids is 1. The van der Waals surface area contributed by atoms with Gasteiger partial charge < -0.3 is 14.3 Å². The van der Waals surface area contributed by atoms with Gasteiger partial charge in [0.2, 0.25) is 11.8 Å². The minimum absolute atomic E-state index is 0.0784. The van der Waals surface area contributed by atoms with Gasteiger partial charge in [0.05, 0.1) is 6.42 Å². The highest BCUT2D eigenvalue weighted by molar-refractivity contribution is 5.67. The maximum atomic E-state index is 10.7. The van der Waals surface area contributed by atoms with Gasteiger partial charge >= 0.3 is 5.97 Å². The van der Waals surface area contributed by atoms with Crippen molar-refractivity contribution >= 4 is 5.97 Å². The molecule has 6 nitrogen and oxygen atoms in total. The second kappa shape index (κ2) is 7.23. The molecule has 0 aliphatic heterocycles. The Labute approximate surface area is 113 Å². The predicted molar refractivity (Wildman–Crippen MR) is 68.8 cm³/mol. The third-order valence-electron chi connectivity index (χ3n) is 2.65. The van der Waals surface area contributed by atoms with Crippen molar-refractivity contribution in [3.8, 4) is 0 Å². The Morgan fingerprint density at radius 3 is 2.68 bits per heavy atom. The van der Waals surface area contributed by atoms with E-state index in [0.717, 1.165) is 6.42 Å². The number of hydrogen-bond donors (Lipinski definition) is 1. The molecule has 0 spiro atoms. The lowest BCUT2D eigenvalue weighted by atomic mass is 9.86. The SMILES string of the molecule is CCOCCCc1nnc(CC(C)(C)CC(=O)O)o1. The molecule has 0 aliphatic carbocycles. The van der Waals surface area contributed by atoms with E-state index in [1.165, 1.54) is 0 Å². The average molecular weight is 270 g/mol. The Hall–Kier alpha value is -1.43. The summed E-state index contributed by atoms with van der Waals surface area (Å²) in [7, 11) is 0. The summed E-state index contributed by atoms with van der Waals surface area (Å²) < 4.78 is 10.7. The number of nitrogens with zero attached hydrogens (tertiary/aromatic N) is 2. The summed E-state index contributed by atoms with van der Waals surface area (Å²) in [5.41, 5.74) is -0.388. The first-order valence-electron chi connectivity index (χ1n) is 6.54. The van der Waals surface area contributed by atoms with Crippen molar-refractivity contribution in [2.45, 2.75) is 46.5 Å². The third-order valence-corrected chi connectivity index (χ3v) is 2.65. The number of hydrogen-bond acceptors (Lipinski definition) is 5. The van der Waals surface area contributed by atoms with Crippen LogP contribution in [0, 0.1) is 5.41 Å². The van der Waals surface area contributed by atoms with E-state index in [-0.39, 0.29) is 11.8 Å². The molecule has 19 heavy (non-hydrogen) atoms. The van der Waals surface area contributed by atoms with Crippen molar-refractivity contribution in [1.82, 2.24) is 10.2 Å². The van der Waals surface area contributed by atoms with Gasteiger partial charge in [-0.15, -0.1) is 10.2 Å². The molecule has 1 aromatic rings. The van der Waals surface area contributed by atoms with Gasteiger partial charge in [-0.3, -0.25) is 4.79 Å². The van der Waals surface area contributed by atoms with E-state index >= 15 is 0 Å². The van der Waals surface area contributed by atoms with Crippen LogP contribution in [0.15, 0.2) is 4.42 Å². The van der Waals surface area contributed by atoms with Crippen molar-refractivity contribution in [3.63, 3.8) is 0 Å². The van der Waals surface area contributed by atoms with E-state index in [1.54, 1.807) is 0 Å². The first-order valence-corrected chi connectivity index (χ1v) is 6.54. The lowest BCUT2D eigenvalue weighted by molar-refractivity contribution is -0.139. The van der Waals surface area contributed by atoms with E-state index < -0.39 is 5.97 Å². The van der Waals surface area contributed by atoms with Gasteiger partial charge in [0, 0.05) is 26.1 Å². The van der Waals surface area contributed by atoms with Crippen LogP contribution >= 0.6 is 0 Å². The summed E-state index contributed by atoms with van der Waals surface area (Å²) in [6.45, 7) is 7.09. The summed E-state index contributed by atoms with van der Waals surface area (Å²) in [5, 5.41) is 16.7. The molecule has 1 aromatic heterocycles. The zero-order valence-corrected chi connectivity index (χ0v) is 11.8. The fraction of sp³-hybridized carbons (Fsp3) is 0.769. The second-order valence-electron chi connectivity index (χ2n) is 5.30. The number of rotatable bonds is 9. The molecule has 0 fully saturated rings. The van der Waals surface area contributed by atoms with Gasteiger partial charge in [-0.2, -0.15) is 0 Å². The van der Waals surface area contributed by atoms with E-state index in [2.05, 4.69) is 10.2 Å². The third kappa shape index (κ3) is 6.33. The van der Waals surface area contributed by atoms with Crippen LogP contribution in [0.3, 0.4) is 0 Å².